The fourth-order valence-electron chi connectivity index (χ4n) is 0.745. The minimum Gasteiger partial charge on any atom is -0.350 e. The Morgan fingerprint density at radius 2 is 2.14 bits per heavy atom. The molecule has 0 unspecified atom stereocenters. The maximum absolute atomic E-state index is 11.3. The van der Waals surface area contributed by atoms with E-state index in [1.54, 1.807) is 0 Å². The third-order valence-electron chi connectivity index (χ3n) is 1.32. The fourth-order valence-corrected chi connectivity index (χ4v) is 1.18. The second kappa shape index (κ2) is 4.56. The van der Waals surface area contributed by atoms with Crippen LogP contribution in [-0.2, 0) is 0 Å². The number of aromatic nitrogens is 1. The third-order valence-corrected chi connectivity index (χ3v) is 1.95. The molecule has 14 heavy (non-hydrogen) atoms. The van der Waals surface area contributed by atoms with Gasteiger partial charge < -0.3 is 5.73 Å². The zero-order valence-electron chi connectivity index (χ0n) is 6.95. The summed E-state index contributed by atoms with van der Waals surface area (Å²) in [6.45, 7) is 0. The first-order valence-electron chi connectivity index (χ1n) is 3.56. The van der Waals surface area contributed by atoms with Crippen molar-refractivity contribution >= 4 is 27.9 Å². The smallest absolute Gasteiger partial charge is 0.330 e. The number of carbonyl (C=O) groups is 2. The summed E-state index contributed by atoms with van der Waals surface area (Å²) >= 11 is 3.14. The van der Waals surface area contributed by atoms with Gasteiger partial charge in [-0.25, -0.2) is 10.2 Å². The molecule has 0 saturated carbocycles. The van der Waals surface area contributed by atoms with Gasteiger partial charge >= 0.3 is 6.03 Å². The molecule has 0 aliphatic heterocycles. The molecule has 0 bridgehead atoms. The summed E-state index contributed by atoms with van der Waals surface area (Å²) in [4.78, 5) is 25.4. The molecule has 0 atom stereocenters. The number of primary amides is 1. The lowest BCUT2D eigenvalue weighted by Crippen LogP contribution is -2.44. The van der Waals surface area contributed by atoms with E-state index in [9.17, 15) is 9.59 Å². The Kier molecular flexibility index (Phi) is 3.41. The maximum Gasteiger partial charge on any atom is 0.330 e. The van der Waals surface area contributed by atoms with E-state index in [1.807, 2.05) is 5.43 Å². The standard InChI is InChI=1S/C7H7BrN4O2/c8-5-3-10-2-1-4(5)6(13)11-12-7(9)14/h1-3H,(H,11,13)(H3,9,12,14). The molecule has 0 radical (unpaired) electrons. The first-order chi connectivity index (χ1) is 6.61. The Bertz CT molecular complexity index is 368. The molecule has 1 heterocycles. The van der Waals surface area contributed by atoms with Crippen LogP contribution in [0.4, 0.5) is 4.79 Å². The first-order valence-corrected chi connectivity index (χ1v) is 4.36. The Hall–Kier alpha value is -1.63. The van der Waals surface area contributed by atoms with Crippen molar-refractivity contribution in [1.82, 2.24) is 15.8 Å². The number of pyridine rings is 1. The number of nitrogens with two attached hydrogens (primary N) is 1. The SMILES string of the molecule is NC(=O)NNC(=O)c1ccncc1Br. The molecule has 0 fully saturated rings. The van der Waals surface area contributed by atoms with E-state index in [0.29, 0.717) is 10.0 Å². The van der Waals surface area contributed by atoms with Gasteiger partial charge in [0.25, 0.3) is 5.91 Å². The number of hydrogen-bond donors (Lipinski definition) is 3. The number of hydrogen-bond acceptors (Lipinski definition) is 3. The third kappa shape index (κ3) is 2.70. The largest absolute Gasteiger partial charge is 0.350 e. The van der Waals surface area contributed by atoms with Crippen LogP contribution in [0.3, 0.4) is 0 Å². The van der Waals surface area contributed by atoms with Gasteiger partial charge in [0.05, 0.1) is 5.56 Å². The minimum atomic E-state index is -0.830. The monoisotopic (exact) mass is 258 g/mol. The van der Waals surface area contributed by atoms with Gasteiger partial charge in [-0.2, -0.15) is 0 Å². The molecule has 0 aliphatic rings. The molecule has 6 nitrogen and oxygen atoms in total. The highest BCUT2D eigenvalue weighted by Gasteiger charge is 2.08. The van der Waals surface area contributed by atoms with Crippen molar-refractivity contribution in [3.8, 4) is 0 Å². The Morgan fingerprint density at radius 3 is 2.71 bits per heavy atom. The summed E-state index contributed by atoms with van der Waals surface area (Å²) in [5, 5.41) is 0. The quantitative estimate of drug-likeness (QED) is 0.626. The molecule has 7 heteroatoms. The van der Waals surface area contributed by atoms with Crippen LogP contribution in [0.25, 0.3) is 0 Å². The molecule has 3 amide bonds. The summed E-state index contributed by atoms with van der Waals surface area (Å²) in [6.07, 6.45) is 2.93. The molecule has 1 aromatic rings. The van der Waals surface area contributed by atoms with Crippen molar-refractivity contribution in [2.45, 2.75) is 0 Å². The van der Waals surface area contributed by atoms with E-state index in [-0.39, 0.29) is 0 Å². The number of carbonyl (C=O) groups excluding carboxylic acids is 2. The fraction of sp³-hybridized carbons (Fsp3) is 0. The summed E-state index contributed by atoms with van der Waals surface area (Å²) < 4.78 is 0.531. The average molecular weight is 259 g/mol. The van der Waals surface area contributed by atoms with E-state index >= 15 is 0 Å². The van der Waals surface area contributed by atoms with E-state index < -0.39 is 11.9 Å². The van der Waals surface area contributed by atoms with E-state index in [2.05, 4.69) is 26.3 Å². The van der Waals surface area contributed by atoms with Gasteiger partial charge in [-0.1, -0.05) is 0 Å². The van der Waals surface area contributed by atoms with Crippen molar-refractivity contribution in [3.63, 3.8) is 0 Å². The van der Waals surface area contributed by atoms with Crippen LogP contribution in [0.1, 0.15) is 10.4 Å². The molecular formula is C7H7BrN4O2. The van der Waals surface area contributed by atoms with Crippen LogP contribution in [0.15, 0.2) is 22.9 Å². The topological polar surface area (TPSA) is 97.1 Å². The number of nitrogens with one attached hydrogen (secondary N) is 2. The van der Waals surface area contributed by atoms with Crippen molar-refractivity contribution < 1.29 is 9.59 Å². The Balaban J connectivity index is 2.70. The Labute approximate surface area is 88.0 Å². The molecule has 74 valence electrons. The van der Waals surface area contributed by atoms with Gasteiger partial charge in [0.1, 0.15) is 0 Å². The number of amides is 3. The molecule has 1 aromatic heterocycles. The molecule has 0 aromatic carbocycles. The number of hydrazine groups is 1. The molecular weight excluding hydrogens is 252 g/mol. The Morgan fingerprint density at radius 1 is 1.43 bits per heavy atom. The molecule has 0 aliphatic carbocycles. The maximum atomic E-state index is 11.3. The lowest BCUT2D eigenvalue weighted by Gasteiger charge is -2.05. The average Bonchev–Trinajstić information content (AvgIpc) is 2.15. The molecule has 1 rings (SSSR count). The normalized spacial score (nSPS) is 9.21. The van der Waals surface area contributed by atoms with Crippen molar-refractivity contribution in [3.05, 3.63) is 28.5 Å². The van der Waals surface area contributed by atoms with Gasteiger partial charge in [-0.15, -0.1) is 0 Å². The predicted octanol–water partition coefficient (Wildman–Crippen LogP) is 0.157. The van der Waals surface area contributed by atoms with Crippen LogP contribution >= 0.6 is 15.9 Å². The summed E-state index contributed by atoms with van der Waals surface area (Å²) in [5.74, 6) is -0.474. The zero-order valence-corrected chi connectivity index (χ0v) is 8.54. The second-order valence-electron chi connectivity index (χ2n) is 2.30. The number of nitrogens with zero attached hydrogens (tertiary/aromatic N) is 1. The second-order valence-corrected chi connectivity index (χ2v) is 3.15. The van der Waals surface area contributed by atoms with E-state index in [4.69, 9.17) is 5.73 Å². The van der Waals surface area contributed by atoms with Crippen LogP contribution in [-0.4, -0.2) is 16.9 Å². The van der Waals surface area contributed by atoms with Gasteiger partial charge in [0.15, 0.2) is 0 Å². The van der Waals surface area contributed by atoms with E-state index in [0.717, 1.165) is 0 Å². The first kappa shape index (κ1) is 10.5. The minimum absolute atomic E-state index is 0.355. The highest BCUT2D eigenvalue weighted by molar-refractivity contribution is 9.10. The van der Waals surface area contributed by atoms with Crippen molar-refractivity contribution in [1.29, 1.82) is 0 Å². The lowest BCUT2D eigenvalue weighted by atomic mass is 10.2. The van der Waals surface area contributed by atoms with Gasteiger partial charge in [0.2, 0.25) is 0 Å². The highest BCUT2D eigenvalue weighted by atomic mass is 79.9. The van der Waals surface area contributed by atoms with E-state index in [1.165, 1.54) is 18.5 Å². The molecule has 0 saturated heterocycles. The van der Waals surface area contributed by atoms with Crippen molar-refractivity contribution in [2.24, 2.45) is 5.73 Å². The number of halogens is 1. The summed E-state index contributed by atoms with van der Waals surface area (Å²) in [6, 6.07) is 0.672. The lowest BCUT2D eigenvalue weighted by molar-refractivity contribution is 0.0936. The molecule has 0 spiro atoms. The van der Waals surface area contributed by atoms with Crippen LogP contribution in [0.2, 0.25) is 0 Å². The number of rotatable bonds is 1. The van der Waals surface area contributed by atoms with Crippen LogP contribution in [0.5, 0.6) is 0 Å². The zero-order chi connectivity index (χ0) is 10.6. The van der Waals surface area contributed by atoms with Crippen LogP contribution < -0.4 is 16.6 Å². The van der Waals surface area contributed by atoms with Gasteiger partial charge in [-0.05, 0) is 22.0 Å². The molecule has 4 N–H and O–H groups in total. The summed E-state index contributed by atoms with van der Waals surface area (Å²) in [5.41, 5.74) is 9.21. The van der Waals surface area contributed by atoms with Gasteiger partial charge in [-0.3, -0.25) is 15.2 Å². The van der Waals surface area contributed by atoms with Crippen LogP contribution in [0, 0.1) is 0 Å². The summed E-state index contributed by atoms with van der Waals surface area (Å²) in [7, 11) is 0. The van der Waals surface area contributed by atoms with Gasteiger partial charge in [0, 0.05) is 16.9 Å². The predicted molar refractivity (Wildman–Crippen MR) is 52.1 cm³/mol. The highest BCUT2D eigenvalue weighted by Crippen LogP contribution is 2.13. The number of urea groups is 1. The van der Waals surface area contributed by atoms with Crippen molar-refractivity contribution in [2.75, 3.05) is 0 Å².